The summed E-state index contributed by atoms with van der Waals surface area (Å²) in [6, 6.07) is 5.87. The van der Waals surface area contributed by atoms with Crippen LogP contribution >= 0.6 is 11.3 Å². The van der Waals surface area contributed by atoms with Crippen LogP contribution in [0.15, 0.2) is 43.9 Å². The van der Waals surface area contributed by atoms with Crippen LogP contribution in [0.25, 0.3) is 0 Å². The fourth-order valence-electron chi connectivity index (χ4n) is 3.21. The van der Waals surface area contributed by atoms with Crippen molar-refractivity contribution in [1.29, 1.82) is 0 Å². The van der Waals surface area contributed by atoms with Gasteiger partial charge in [0.05, 0.1) is 5.75 Å². The van der Waals surface area contributed by atoms with Crippen molar-refractivity contribution in [2.45, 2.75) is 71.7 Å². The number of nitrogens with one attached hydrogen (secondary N) is 1. The summed E-state index contributed by atoms with van der Waals surface area (Å²) in [5, 5.41) is 3.30. The Morgan fingerprint density at radius 1 is 0.844 bits per heavy atom. The first kappa shape index (κ1) is 26.9. The number of hydrogen-bond donors (Lipinski definition) is 2. The molecule has 0 unspecified atom stereocenters. The Morgan fingerprint density at radius 3 is 2.12 bits per heavy atom. The molecular formula is C22H35N3O4S3. The van der Waals surface area contributed by atoms with Crippen molar-refractivity contribution in [2.24, 2.45) is 5.73 Å². The van der Waals surface area contributed by atoms with Gasteiger partial charge < -0.3 is 11.1 Å². The van der Waals surface area contributed by atoms with E-state index < -0.39 is 19.7 Å². The van der Waals surface area contributed by atoms with E-state index in [4.69, 9.17) is 5.73 Å². The van der Waals surface area contributed by atoms with Crippen molar-refractivity contribution in [3.8, 4) is 0 Å². The zero-order chi connectivity index (χ0) is 23.5. The maximum Gasteiger partial charge on any atom is 0.233 e. The predicted octanol–water partition coefficient (Wildman–Crippen LogP) is 3.73. The standard InChI is InChI=1S/C22H35N3O4S3/c1-19-10-11-20(25-18-19)32(28,29)22-13-12-21(30-22)31(26,27)17-8-6-4-2-3-5-7-15-24-16-9-14-23/h10-13,18,24H,2-9,14-17,23H2,1H3. The molecule has 0 aliphatic carbocycles. The molecule has 32 heavy (non-hydrogen) atoms. The van der Waals surface area contributed by atoms with E-state index in [1.807, 2.05) is 6.92 Å². The summed E-state index contributed by atoms with van der Waals surface area (Å²) in [6.07, 6.45) is 9.54. The van der Waals surface area contributed by atoms with Crippen LogP contribution < -0.4 is 11.1 Å². The smallest absolute Gasteiger partial charge is 0.233 e. The zero-order valence-corrected chi connectivity index (χ0v) is 21.2. The number of nitrogens with zero attached hydrogens (tertiary/aromatic N) is 1. The monoisotopic (exact) mass is 501 g/mol. The van der Waals surface area contributed by atoms with E-state index in [1.165, 1.54) is 30.8 Å². The minimum atomic E-state index is -3.81. The molecule has 0 fully saturated rings. The molecule has 0 aliphatic heterocycles. The van der Waals surface area contributed by atoms with Crippen molar-refractivity contribution < 1.29 is 16.8 Å². The molecule has 2 rings (SSSR count). The van der Waals surface area contributed by atoms with Gasteiger partial charge in [-0.25, -0.2) is 21.8 Å². The Bertz CT molecular complexity index is 1020. The number of pyridine rings is 1. The van der Waals surface area contributed by atoms with Gasteiger partial charge in [0.15, 0.2) is 14.9 Å². The first-order valence-electron chi connectivity index (χ1n) is 11.2. The van der Waals surface area contributed by atoms with Crippen molar-refractivity contribution in [2.75, 3.05) is 25.4 Å². The van der Waals surface area contributed by atoms with Gasteiger partial charge in [-0.15, -0.1) is 11.3 Å². The van der Waals surface area contributed by atoms with Crippen LogP contribution in [0.1, 0.15) is 56.9 Å². The van der Waals surface area contributed by atoms with Crippen LogP contribution in [-0.4, -0.2) is 47.2 Å². The van der Waals surface area contributed by atoms with Crippen molar-refractivity contribution in [3.05, 3.63) is 36.0 Å². The van der Waals surface area contributed by atoms with E-state index in [2.05, 4.69) is 10.3 Å². The summed E-state index contributed by atoms with van der Waals surface area (Å²) in [6.45, 7) is 4.55. The fourth-order valence-corrected chi connectivity index (χ4v) is 7.78. The SMILES string of the molecule is Cc1ccc(S(=O)(=O)c2ccc(S(=O)(=O)CCCCCCCCCNCCCN)s2)nc1. The average Bonchev–Trinajstić information content (AvgIpc) is 3.27. The predicted molar refractivity (Wildman–Crippen MR) is 130 cm³/mol. The zero-order valence-electron chi connectivity index (χ0n) is 18.8. The molecule has 0 spiro atoms. The second kappa shape index (κ2) is 13.4. The van der Waals surface area contributed by atoms with Crippen LogP contribution in [0.4, 0.5) is 0 Å². The minimum Gasteiger partial charge on any atom is -0.330 e. The molecule has 0 aromatic carbocycles. The molecule has 3 N–H and O–H groups in total. The van der Waals surface area contributed by atoms with Gasteiger partial charge in [-0.1, -0.05) is 38.2 Å². The van der Waals surface area contributed by atoms with E-state index in [1.54, 1.807) is 6.07 Å². The third-order valence-electron chi connectivity index (χ3n) is 5.11. The first-order chi connectivity index (χ1) is 15.3. The van der Waals surface area contributed by atoms with E-state index in [0.717, 1.165) is 75.1 Å². The van der Waals surface area contributed by atoms with Crippen LogP contribution in [0, 0.1) is 6.92 Å². The van der Waals surface area contributed by atoms with Crippen LogP contribution in [0.3, 0.4) is 0 Å². The van der Waals surface area contributed by atoms with E-state index in [0.29, 0.717) is 6.42 Å². The lowest BCUT2D eigenvalue weighted by atomic mass is 10.1. The quantitative estimate of drug-likeness (QED) is 0.336. The topological polar surface area (TPSA) is 119 Å². The molecule has 2 aromatic heterocycles. The van der Waals surface area contributed by atoms with Gasteiger partial charge in [0, 0.05) is 6.20 Å². The molecule has 0 radical (unpaired) electrons. The maximum absolute atomic E-state index is 12.7. The second-order valence-electron chi connectivity index (χ2n) is 7.94. The van der Waals surface area contributed by atoms with E-state index in [-0.39, 0.29) is 19.2 Å². The Morgan fingerprint density at radius 2 is 1.47 bits per heavy atom. The highest BCUT2D eigenvalue weighted by molar-refractivity contribution is 7.96. The highest BCUT2D eigenvalue weighted by Gasteiger charge is 2.25. The molecule has 0 saturated carbocycles. The lowest BCUT2D eigenvalue weighted by molar-refractivity contribution is 0.555. The lowest BCUT2D eigenvalue weighted by Crippen LogP contribution is -2.19. The molecule has 180 valence electrons. The molecule has 0 aliphatic rings. The Kier molecular flexibility index (Phi) is 11.3. The van der Waals surface area contributed by atoms with Crippen molar-refractivity contribution >= 4 is 31.0 Å². The molecule has 0 saturated heterocycles. The third-order valence-corrected chi connectivity index (χ3v) is 10.7. The molecule has 0 atom stereocenters. The number of unbranched alkanes of at least 4 members (excludes halogenated alkanes) is 6. The second-order valence-corrected chi connectivity index (χ2v) is 13.5. The maximum atomic E-state index is 12.7. The summed E-state index contributed by atoms with van der Waals surface area (Å²) >= 11 is 0.801. The molecule has 2 heterocycles. The summed E-state index contributed by atoms with van der Waals surface area (Å²) in [7, 11) is -7.29. The van der Waals surface area contributed by atoms with Gasteiger partial charge in [0.1, 0.15) is 8.42 Å². The lowest BCUT2D eigenvalue weighted by Gasteiger charge is -2.05. The van der Waals surface area contributed by atoms with Gasteiger partial charge in [-0.05, 0) is 69.6 Å². The van der Waals surface area contributed by atoms with E-state index >= 15 is 0 Å². The normalized spacial score (nSPS) is 12.3. The van der Waals surface area contributed by atoms with Crippen LogP contribution in [0.2, 0.25) is 0 Å². The number of aryl methyl sites for hydroxylation is 1. The minimum absolute atomic E-state index is 0.00458. The fraction of sp³-hybridized carbons (Fsp3) is 0.591. The number of hydrogen-bond acceptors (Lipinski definition) is 8. The summed E-state index contributed by atoms with van der Waals surface area (Å²) in [5.41, 5.74) is 6.30. The molecule has 0 amide bonds. The number of sulfone groups is 2. The van der Waals surface area contributed by atoms with E-state index in [9.17, 15) is 16.8 Å². The van der Waals surface area contributed by atoms with Crippen LogP contribution in [0.5, 0.6) is 0 Å². The molecule has 7 nitrogen and oxygen atoms in total. The molecule has 2 aromatic rings. The Hall–Kier alpha value is -1.33. The van der Waals surface area contributed by atoms with Gasteiger partial charge in [0.25, 0.3) is 0 Å². The number of thiophene rings is 1. The Balaban J connectivity index is 1.72. The summed E-state index contributed by atoms with van der Waals surface area (Å²) in [4.78, 5) is 3.97. The molecule has 10 heteroatoms. The largest absolute Gasteiger partial charge is 0.330 e. The van der Waals surface area contributed by atoms with Crippen molar-refractivity contribution in [3.63, 3.8) is 0 Å². The highest BCUT2D eigenvalue weighted by Crippen LogP contribution is 2.30. The van der Waals surface area contributed by atoms with Gasteiger partial charge in [0.2, 0.25) is 9.84 Å². The molecular weight excluding hydrogens is 466 g/mol. The van der Waals surface area contributed by atoms with Crippen molar-refractivity contribution in [1.82, 2.24) is 10.3 Å². The number of nitrogens with two attached hydrogens (primary N) is 1. The van der Waals surface area contributed by atoms with Crippen LogP contribution in [-0.2, 0) is 19.7 Å². The summed E-state index contributed by atoms with van der Waals surface area (Å²) in [5.74, 6) is 0.0425. The summed E-state index contributed by atoms with van der Waals surface area (Å²) < 4.78 is 50.8. The average molecular weight is 502 g/mol. The number of aromatic nitrogens is 1. The third kappa shape index (κ3) is 8.55. The Labute approximate surface area is 196 Å². The van der Waals surface area contributed by atoms with Gasteiger partial charge in [-0.3, -0.25) is 0 Å². The molecule has 0 bridgehead atoms. The highest BCUT2D eigenvalue weighted by atomic mass is 32.3. The number of rotatable bonds is 16. The first-order valence-corrected chi connectivity index (χ1v) is 15.1. The van der Waals surface area contributed by atoms with Gasteiger partial charge in [-0.2, -0.15) is 0 Å². The van der Waals surface area contributed by atoms with Gasteiger partial charge >= 0.3 is 0 Å².